The fraction of sp³-hybridized carbons (Fsp3) is 0.733. The molecule has 1 fully saturated rings. The summed E-state index contributed by atoms with van der Waals surface area (Å²) in [5, 5.41) is 3.31. The van der Waals surface area contributed by atoms with Gasteiger partial charge in [-0.05, 0) is 37.9 Å². The van der Waals surface area contributed by atoms with Crippen LogP contribution in [0.5, 0.6) is 0 Å². The number of nitrogens with one attached hydrogen (secondary N) is 1. The maximum atomic E-state index is 5.96. The van der Waals surface area contributed by atoms with Crippen LogP contribution in [0.3, 0.4) is 0 Å². The van der Waals surface area contributed by atoms with Crippen LogP contribution in [0.2, 0.25) is 0 Å². The van der Waals surface area contributed by atoms with Crippen molar-refractivity contribution in [2.75, 3.05) is 26.8 Å². The summed E-state index contributed by atoms with van der Waals surface area (Å²) < 4.78 is 11.1. The van der Waals surface area contributed by atoms with Gasteiger partial charge in [0.2, 0.25) is 0 Å². The minimum absolute atomic E-state index is 0.734. The maximum Gasteiger partial charge on any atom is 0.120 e. The number of furan rings is 1. The van der Waals surface area contributed by atoms with Gasteiger partial charge in [0.25, 0.3) is 0 Å². The molecule has 108 valence electrons. The first-order valence-electron chi connectivity index (χ1n) is 7.26. The van der Waals surface area contributed by atoms with E-state index < -0.39 is 0 Å². The molecule has 0 radical (unpaired) electrons. The molecule has 0 aromatic carbocycles. The molecule has 1 aliphatic carbocycles. The average molecular weight is 266 g/mol. The molecular formula is C15H26N2O2. The van der Waals surface area contributed by atoms with E-state index in [1.54, 1.807) is 7.11 Å². The van der Waals surface area contributed by atoms with E-state index in [-0.39, 0.29) is 0 Å². The third-order valence-electron chi connectivity index (χ3n) is 3.61. The SMILES string of the molecule is CCNCc1oc(CN(CCOC)C2CC2)cc1C. The van der Waals surface area contributed by atoms with E-state index in [2.05, 4.69) is 30.1 Å². The molecule has 0 amide bonds. The Morgan fingerprint density at radius 1 is 1.47 bits per heavy atom. The van der Waals surface area contributed by atoms with E-state index in [4.69, 9.17) is 9.15 Å². The number of methoxy groups -OCH3 is 1. The first-order valence-corrected chi connectivity index (χ1v) is 7.26. The van der Waals surface area contributed by atoms with Crippen LogP contribution in [-0.2, 0) is 17.8 Å². The Hall–Kier alpha value is -0.840. The number of rotatable bonds is 9. The highest BCUT2D eigenvalue weighted by Gasteiger charge is 2.29. The van der Waals surface area contributed by atoms with E-state index in [1.165, 1.54) is 18.4 Å². The van der Waals surface area contributed by atoms with Crippen LogP contribution in [0.4, 0.5) is 0 Å². The molecule has 1 N–H and O–H groups in total. The highest BCUT2D eigenvalue weighted by molar-refractivity contribution is 5.20. The fourth-order valence-electron chi connectivity index (χ4n) is 2.32. The van der Waals surface area contributed by atoms with Crippen molar-refractivity contribution < 1.29 is 9.15 Å². The molecule has 0 spiro atoms. The second kappa shape index (κ2) is 7.08. The molecule has 19 heavy (non-hydrogen) atoms. The van der Waals surface area contributed by atoms with Crippen molar-refractivity contribution in [2.24, 2.45) is 0 Å². The Bertz CT molecular complexity index is 385. The molecular weight excluding hydrogens is 240 g/mol. The summed E-state index contributed by atoms with van der Waals surface area (Å²) in [6.07, 6.45) is 2.63. The summed E-state index contributed by atoms with van der Waals surface area (Å²) >= 11 is 0. The zero-order valence-corrected chi connectivity index (χ0v) is 12.4. The van der Waals surface area contributed by atoms with Gasteiger partial charge in [-0.15, -0.1) is 0 Å². The monoisotopic (exact) mass is 266 g/mol. The molecule has 1 aromatic rings. The third kappa shape index (κ3) is 4.34. The lowest BCUT2D eigenvalue weighted by Crippen LogP contribution is -2.28. The van der Waals surface area contributed by atoms with Crippen LogP contribution in [0.25, 0.3) is 0 Å². The summed E-state index contributed by atoms with van der Waals surface area (Å²) in [7, 11) is 1.76. The minimum atomic E-state index is 0.734. The average Bonchev–Trinajstić information content (AvgIpc) is 3.18. The molecule has 1 heterocycles. The van der Waals surface area contributed by atoms with Gasteiger partial charge in [-0.25, -0.2) is 0 Å². The molecule has 4 heteroatoms. The molecule has 2 rings (SSSR count). The van der Waals surface area contributed by atoms with Crippen LogP contribution in [0.15, 0.2) is 10.5 Å². The number of aryl methyl sites for hydroxylation is 1. The lowest BCUT2D eigenvalue weighted by atomic mass is 10.2. The Balaban J connectivity index is 1.92. The molecule has 1 saturated carbocycles. The molecule has 1 aliphatic rings. The van der Waals surface area contributed by atoms with Crippen molar-refractivity contribution in [3.05, 3.63) is 23.2 Å². The van der Waals surface area contributed by atoms with Crippen molar-refractivity contribution in [2.45, 2.75) is 45.8 Å². The number of nitrogens with zero attached hydrogens (tertiary/aromatic N) is 1. The summed E-state index contributed by atoms with van der Waals surface area (Å²) in [4.78, 5) is 2.47. The Kier molecular flexibility index (Phi) is 5.43. The van der Waals surface area contributed by atoms with Crippen LogP contribution in [0.1, 0.15) is 36.8 Å². The zero-order valence-electron chi connectivity index (χ0n) is 12.4. The number of hydrogen-bond donors (Lipinski definition) is 1. The minimum Gasteiger partial charge on any atom is -0.463 e. The quantitative estimate of drug-likeness (QED) is 0.744. The molecule has 0 aliphatic heterocycles. The van der Waals surface area contributed by atoms with Gasteiger partial charge in [0.1, 0.15) is 11.5 Å². The van der Waals surface area contributed by atoms with E-state index in [0.717, 1.165) is 50.3 Å². The van der Waals surface area contributed by atoms with Crippen molar-refractivity contribution in [3.63, 3.8) is 0 Å². The van der Waals surface area contributed by atoms with Gasteiger partial charge >= 0.3 is 0 Å². The highest BCUT2D eigenvalue weighted by atomic mass is 16.5. The topological polar surface area (TPSA) is 37.6 Å². The third-order valence-corrected chi connectivity index (χ3v) is 3.61. The van der Waals surface area contributed by atoms with Crippen molar-refractivity contribution >= 4 is 0 Å². The number of ether oxygens (including phenoxy) is 1. The Labute approximate surface area is 116 Å². The van der Waals surface area contributed by atoms with E-state index in [1.807, 2.05) is 0 Å². The zero-order chi connectivity index (χ0) is 13.7. The maximum absolute atomic E-state index is 5.96. The van der Waals surface area contributed by atoms with Crippen molar-refractivity contribution in [3.8, 4) is 0 Å². The molecule has 1 aromatic heterocycles. The molecule has 0 saturated heterocycles. The molecule has 0 unspecified atom stereocenters. The van der Waals surface area contributed by atoms with Crippen LogP contribution in [0, 0.1) is 6.92 Å². The Morgan fingerprint density at radius 2 is 2.26 bits per heavy atom. The molecule has 0 bridgehead atoms. The van der Waals surface area contributed by atoms with Gasteiger partial charge in [0, 0.05) is 19.7 Å². The van der Waals surface area contributed by atoms with Crippen LogP contribution >= 0.6 is 0 Å². The van der Waals surface area contributed by atoms with E-state index in [9.17, 15) is 0 Å². The van der Waals surface area contributed by atoms with Gasteiger partial charge in [0.05, 0.1) is 19.7 Å². The largest absolute Gasteiger partial charge is 0.463 e. The van der Waals surface area contributed by atoms with Crippen LogP contribution < -0.4 is 5.32 Å². The normalized spacial score (nSPS) is 15.4. The second-order valence-corrected chi connectivity index (χ2v) is 5.29. The first kappa shape index (κ1) is 14.6. The first-order chi connectivity index (χ1) is 9.24. The van der Waals surface area contributed by atoms with E-state index >= 15 is 0 Å². The smallest absolute Gasteiger partial charge is 0.120 e. The van der Waals surface area contributed by atoms with Gasteiger partial charge < -0.3 is 14.5 Å². The lowest BCUT2D eigenvalue weighted by molar-refractivity contribution is 0.134. The van der Waals surface area contributed by atoms with Gasteiger partial charge in [-0.2, -0.15) is 0 Å². The van der Waals surface area contributed by atoms with Gasteiger partial charge in [0.15, 0.2) is 0 Å². The Morgan fingerprint density at radius 3 is 2.89 bits per heavy atom. The van der Waals surface area contributed by atoms with Gasteiger partial charge in [-0.1, -0.05) is 6.92 Å². The van der Waals surface area contributed by atoms with Gasteiger partial charge in [-0.3, -0.25) is 4.90 Å². The van der Waals surface area contributed by atoms with Crippen LogP contribution in [-0.4, -0.2) is 37.7 Å². The number of hydrogen-bond acceptors (Lipinski definition) is 4. The highest BCUT2D eigenvalue weighted by Crippen LogP contribution is 2.28. The van der Waals surface area contributed by atoms with E-state index in [0.29, 0.717) is 0 Å². The summed E-state index contributed by atoms with van der Waals surface area (Å²) in [6, 6.07) is 2.91. The van der Waals surface area contributed by atoms with Crippen molar-refractivity contribution in [1.29, 1.82) is 0 Å². The summed E-state index contributed by atoms with van der Waals surface area (Å²) in [6.45, 7) is 8.71. The predicted molar refractivity (Wildman–Crippen MR) is 76.1 cm³/mol. The predicted octanol–water partition coefficient (Wildman–Crippen LogP) is 2.31. The fourth-order valence-corrected chi connectivity index (χ4v) is 2.32. The van der Waals surface area contributed by atoms with Crippen molar-refractivity contribution in [1.82, 2.24) is 10.2 Å². The standard InChI is InChI=1S/C15H26N2O2/c1-4-16-10-15-12(2)9-14(19-15)11-17(7-8-18-3)13-5-6-13/h9,13,16H,4-8,10-11H2,1-3H3. The molecule has 0 atom stereocenters. The summed E-state index contributed by atoms with van der Waals surface area (Å²) in [5.74, 6) is 2.15. The summed E-state index contributed by atoms with van der Waals surface area (Å²) in [5.41, 5.74) is 1.25. The lowest BCUT2D eigenvalue weighted by Gasteiger charge is -2.20. The second-order valence-electron chi connectivity index (χ2n) is 5.29. The molecule has 4 nitrogen and oxygen atoms in total.